The molecule has 0 aliphatic carbocycles. The van der Waals surface area contributed by atoms with Gasteiger partial charge in [-0.25, -0.2) is 26.3 Å². The minimum atomic E-state index is -2.80. The lowest BCUT2D eigenvalue weighted by molar-refractivity contribution is 0.00500. The fourth-order valence-corrected chi connectivity index (χ4v) is 0.847. The van der Waals surface area contributed by atoms with Crippen molar-refractivity contribution in [2.45, 2.75) is 38.0 Å². The van der Waals surface area contributed by atoms with Crippen molar-refractivity contribution < 1.29 is 31.1 Å². The minimum Gasteiger partial charge on any atom is -0.375 e. The largest absolute Gasteiger partial charge is 0.375 e. The minimum absolute atomic E-state index is 0.700. The lowest BCUT2D eigenvalue weighted by atomic mass is 10.3. The number of hydrogen-bond donors (Lipinski definition) is 0. The summed E-state index contributed by atoms with van der Waals surface area (Å²) in [6.45, 7) is -1.40. The molecule has 7 heteroatoms. The fraction of sp³-hybridized carbons (Fsp3) is 1.00. The van der Waals surface area contributed by atoms with Gasteiger partial charge in [0.2, 0.25) is 12.9 Å². The van der Waals surface area contributed by atoms with Crippen LogP contribution >= 0.6 is 0 Å². The maximum Gasteiger partial charge on any atom is 0.241 e. The van der Waals surface area contributed by atoms with Gasteiger partial charge in [0, 0.05) is 12.8 Å². The molecule has 0 heterocycles. The van der Waals surface area contributed by atoms with Crippen LogP contribution in [-0.2, 0) is 4.74 Å². The molecule has 1 nitrogen and oxygen atoms in total. The third-order valence-electron chi connectivity index (χ3n) is 1.47. The number of rotatable bonds is 8. The van der Waals surface area contributed by atoms with E-state index in [9.17, 15) is 26.3 Å². The van der Waals surface area contributed by atoms with Gasteiger partial charge >= 0.3 is 0 Å². The van der Waals surface area contributed by atoms with Gasteiger partial charge < -0.3 is 4.74 Å². The average molecular weight is 238 g/mol. The van der Waals surface area contributed by atoms with Crippen molar-refractivity contribution in [1.82, 2.24) is 0 Å². The maximum absolute atomic E-state index is 12.5. The van der Waals surface area contributed by atoms with E-state index >= 15 is 0 Å². The lowest BCUT2D eigenvalue weighted by Gasteiger charge is -2.11. The van der Waals surface area contributed by atoms with E-state index < -0.39 is 51.2 Å². The van der Waals surface area contributed by atoms with E-state index in [-0.39, 0.29) is 0 Å². The third kappa shape index (κ3) is 9.84. The van der Waals surface area contributed by atoms with Gasteiger partial charge in [-0.15, -0.1) is 0 Å². The summed E-state index contributed by atoms with van der Waals surface area (Å²) >= 11 is 0. The van der Waals surface area contributed by atoms with E-state index in [0.717, 1.165) is 0 Å². The fourth-order valence-electron chi connectivity index (χ4n) is 0.847. The van der Waals surface area contributed by atoms with Crippen LogP contribution in [-0.4, -0.2) is 38.4 Å². The molecule has 0 N–H and O–H groups in total. The summed E-state index contributed by atoms with van der Waals surface area (Å²) in [7, 11) is 0. The highest BCUT2D eigenvalue weighted by atomic mass is 19.3. The molecule has 0 aromatic carbocycles. The van der Waals surface area contributed by atoms with Crippen molar-refractivity contribution in [2.75, 3.05) is 13.2 Å². The highest BCUT2D eigenvalue weighted by Crippen LogP contribution is 2.10. The van der Waals surface area contributed by atoms with Gasteiger partial charge in [-0.05, 0) is 0 Å². The Bertz CT molecular complexity index is 138. The molecule has 0 rings (SSSR count). The summed E-state index contributed by atoms with van der Waals surface area (Å²) in [5.41, 5.74) is 0. The average Bonchev–Trinajstić information content (AvgIpc) is 2.00. The second-order valence-corrected chi connectivity index (χ2v) is 2.99. The van der Waals surface area contributed by atoms with Crippen LogP contribution in [0.3, 0.4) is 0 Å². The zero-order chi connectivity index (χ0) is 11.8. The molecule has 0 aromatic heterocycles. The quantitative estimate of drug-likeness (QED) is 0.591. The van der Waals surface area contributed by atoms with Crippen LogP contribution in [0.1, 0.15) is 12.8 Å². The van der Waals surface area contributed by atoms with E-state index in [1.165, 1.54) is 0 Å². The molecule has 0 saturated heterocycles. The Labute approximate surface area is 83.4 Å². The third-order valence-corrected chi connectivity index (χ3v) is 1.47. The first-order valence-corrected chi connectivity index (χ1v) is 4.34. The Balaban J connectivity index is 3.44. The number of hydrogen-bond acceptors (Lipinski definition) is 1. The van der Waals surface area contributed by atoms with Crippen LogP contribution in [0.25, 0.3) is 0 Å². The maximum atomic E-state index is 12.5. The summed E-state index contributed by atoms with van der Waals surface area (Å²) in [4.78, 5) is 0. The monoisotopic (exact) mass is 238 g/mol. The zero-order valence-corrected chi connectivity index (χ0v) is 7.81. The van der Waals surface area contributed by atoms with Crippen molar-refractivity contribution in [3.63, 3.8) is 0 Å². The van der Waals surface area contributed by atoms with Gasteiger partial charge in [0.05, 0.1) is 13.2 Å². The number of ether oxygens (including phenoxy) is 1. The van der Waals surface area contributed by atoms with Gasteiger partial charge in [0.1, 0.15) is 12.3 Å². The Morgan fingerprint density at radius 2 is 1.00 bits per heavy atom. The van der Waals surface area contributed by atoms with Gasteiger partial charge in [0.15, 0.2) is 0 Å². The van der Waals surface area contributed by atoms with Crippen molar-refractivity contribution >= 4 is 0 Å². The van der Waals surface area contributed by atoms with Crippen LogP contribution in [0.15, 0.2) is 0 Å². The Kier molecular flexibility index (Phi) is 7.54. The molecule has 0 spiro atoms. The number of alkyl halides is 6. The van der Waals surface area contributed by atoms with Crippen LogP contribution in [0.5, 0.6) is 0 Å². The van der Waals surface area contributed by atoms with Gasteiger partial charge in [0.25, 0.3) is 0 Å². The van der Waals surface area contributed by atoms with E-state index in [0.29, 0.717) is 0 Å². The van der Waals surface area contributed by atoms with Crippen molar-refractivity contribution in [3.8, 4) is 0 Å². The standard InChI is InChI=1S/C8H12F6O/c9-5(1-7(11)12)3-15-4-6(10)2-8(13)14/h5-8H,1-4H2. The SMILES string of the molecule is FC(F)CC(F)COCC(F)CC(F)F. The molecule has 0 saturated carbocycles. The first-order chi connectivity index (χ1) is 6.91. The molecule has 2 unspecified atom stereocenters. The molecule has 2 atom stereocenters. The predicted octanol–water partition coefficient (Wildman–Crippen LogP) is 2.99. The Morgan fingerprint density at radius 3 is 1.27 bits per heavy atom. The van der Waals surface area contributed by atoms with Crippen LogP contribution in [0.2, 0.25) is 0 Å². The Morgan fingerprint density at radius 1 is 0.667 bits per heavy atom. The summed E-state index contributed by atoms with van der Waals surface area (Å²) in [5.74, 6) is 0. The van der Waals surface area contributed by atoms with Crippen molar-refractivity contribution in [2.24, 2.45) is 0 Å². The van der Waals surface area contributed by atoms with Gasteiger partial charge in [-0.3, -0.25) is 0 Å². The second kappa shape index (κ2) is 7.78. The molecule has 92 valence electrons. The summed E-state index contributed by atoms with van der Waals surface area (Å²) < 4.78 is 75.6. The highest BCUT2D eigenvalue weighted by molar-refractivity contribution is 4.59. The summed E-state index contributed by atoms with van der Waals surface area (Å²) in [6, 6.07) is 0. The van der Waals surface area contributed by atoms with E-state index in [1.807, 2.05) is 0 Å². The van der Waals surface area contributed by atoms with Crippen LogP contribution in [0.4, 0.5) is 26.3 Å². The topological polar surface area (TPSA) is 9.23 Å². The molecular formula is C8H12F6O. The lowest BCUT2D eigenvalue weighted by Crippen LogP contribution is -2.19. The highest BCUT2D eigenvalue weighted by Gasteiger charge is 2.17. The van der Waals surface area contributed by atoms with Crippen LogP contribution < -0.4 is 0 Å². The predicted molar refractivity (Wildman–Crippen MR) is 41.9 cm³/mol. The summed E-state index contributed by atoms with van der Waals surface area (Å²) in [6.07, 6.45) is -11.4. The normalized spacial score (nSPS) is 16.0. The zero-order valence-electron chi connectivity index (χ0n) is 7.81. The molecule has 0 aromatic rings. The molecule has 0 aliphatic rings. The first-order valence-electron chi connectivity index (χ1n) is 4.34. The van der Waals surface area contributed by atoms with E-state index in [2.05, 4.69) is 4.74 Å². The van der Waals surface area contributed by atoms with E-state index in [4.69, 9.17) is 0 Å². The molecule has 0 fully saturated rings. The second-order valence-electron chi connectivity index (χ2n) is 2.99. The first kappa shape index (κ1) is 14.5. The van der Waals surface area contributed by atoms with Gasteiger partial charge in [-0.2, -0.15) is 0 Å². The smallest absolute Gasteiger partial charge is 0.241 e. The molecule has 0 bridgehead atoms. The molecule has 0 radical (unpaired) electrons. The molecule has 0 amide bonds. The Hall–Kier alpha value is -0.460. The van der Waals surface area contributed by atoms with E-state index in [1.54, 1.807) is 0 Å². The van der Waals surface area contributed by atoms with Crippen LogP contribution in [0, 0.1) is 0 Å². The molecule has 0 aliphatic heterocycles. The number of halogens is 6. The van der Waals surface area contributed by atoms with Crippen molar-refractivity contribution in [1.29, 1.82) is 0 Å². The molecular weight excluding hydrogens is 226 g/mol. The summed E-state index contributed by atoms with van der Waals surface area (Å²) in [5, 5.41) is 0. The van der Waals surface area contributed by atoms with Crippen molar-refractivity contribution in [3.05, 3.63) is 0 Å². The van der Waals surface area contributed by atoms with Gasteiger partial charge in [-0.1, -0.05) is 0 Å². The molecule has 15 heavy (non-hydrogen) atoms.